The van der Waals surface area contributed by atoms with Gasteiger partial charge in [-0.2, -0.15) is 5.10 Å². The molecule has 22 heavy (non-hydrogen) atoms. The SMILES string of the molecule is CCCc1nnc(NC(=O)c2ccc(-n3cccn3)cc2)s1. The Morgan fingerprint density at radius 2 is 2.09 bits per heavy atom. The molecule has 6 nitrogen and oxygen atoms in total. The van der Waals surface area contributed by atoms with Gasteiger partial charge in [-0.15, -0.1) is 10.2 Å². The minimum atomic E-state index is -0.189. The zero-order valence-electron chi connectivity index (χ0n) is 12.1. The fraction of sp³-hybridized carbons (Fsp3) is 0.200. The van der Waals surface area contributed by atoms with E-state index < -0.39 is 0 Å². The second-order valence-electron chi connectivity index (χ2n) is 4.70. The fourth-order valence-electron chi connectivity index (χ4n) is 1.98. The number of benzene rings is 1. The maximum absolute atomic E-state index is 12.2. The van der Waals surface area contributed by atoms with Crippen molar-refractivity contribution in [2.45, 2.75) is 19.8 Å². The van der Waals surface area contributed by atoms with Crippen LogP contribution in [0, 0.1) is 0 Å². The van der Waals surface area contributed by atoms with Crippen molar-refractivity contribution >= 4 is 22.4 Å². The Morgan fingerprint density at radius 1 is 1.27 bits per heavy atom. The lowest BCUT2D eigenvalue weighted by atomic mass is 10.2. The highest BCUT2D eigenvalue weighted by Gasteiger charge is 2.10. The molecule has 1 amide bonds. The fourth-order valence-corrected chi connectivity index (χ4v) is 2.81. The van der Waals surface area contributed by atoms with E-state index >= 15 is 0 Å². The molecule has 0 saturated carbocycles. The molecular formula is C15H15N5OS. The van der Waals surface area contributed by atoms with Crippen LogP contribution in [0.15, 0.2) is 42.7 Å². The first kappa shape index (κ1) is 14.4. The van der Waals surface area contributed by atoms with Gasteiger partial charge in [0.15, 0.2) is 0 Å². The molecule has 0 fully saturated rings. The van der Waals surface area contributed by atoms with Gasteiger partial charge in [-0.05, 0) is 36.8 Å². The van der Waals surface area contributed by atoms with Gasteiger partial charge >= 0.3 is 0 Å². The Kier molecular flexibility index (Phi) is 4.24. The van der Waals surface area contributed by atoms with Crippen molar-refractivity contribution in [3.63, 3.8) is 0 Å². The smallest absolute Gasteiger partial charge is 0.257 e. The van der Waals surface area contributed by atoms with Gasteiger partial charge in [0, 0.05) is 24.4 Å². The van der Waals surface area contributed by atoms with Crippen LogP contribution in [0.3, 0.4) is 0 Å². The summed E-state index contributed by atoms with van der Waals surface area (Å²) < 4.78 is 1.74. The number of rotatable bonds is 5. The number of nitrogens with zero attached hydrogens (tertiary/aromatic N) is 4. The molecule has 7 heteroatoms. The van der Waals surface area contributed by atoms with Gasteiger partial charge in [-0.3, -0.25) is 10.1 Å². The summed E-state index contributed by atoms with van der Waals surface area (Å²) in [7, 11) is 0. The number of amides is 1. The van der Waals surface area contributed by atoms with Gasteiger partial charge in [0.2, 0.25) is 5.13 Å². The Balaban J connectivity index is 1.69. The topological polar surface area (TPSA) is 72.7 Å². The van der Waals surface area contributed by atoms with Crippen LogP contribution in [-0.2, 0) is 6.42 Å². The van der Waals surface area contributed by atoms with Crippen LogP contribution in [0.2, 0.25) is 0 Å². The van der Waals surface area contributed by atoms with Crippen molar-refractivity contribution < 1.29 is 4.79 Å². The van der Waals surface area contributed by atoms with Crippen molar-refractivity contribution in [2.24, 2.45) is 0 Å². The number of carbonyl (C=O) groups excluding carboxylic acids is 1. The van der Waals surface area contributed by atoms with Gasteiger partial charge in [-0.1, -0.05) is 18.3 Å². The first-order chi connectivity index (χ1) is 10.8. The molecule has 1 aromatic carbocycles. The Morgan fingerprint density at radius 3 is 2.77 bits per heavy atom. The summed E-state index contributed by atoms with van der Waals surface area (Å²) in [5, 5.41) is 16.4. The number of hydrogen-bond acceptors (Lipinski definition) is 5. The third kappa shape index (κ3) is 3.20. The molecule has 112 valence electrons. The van der Waals surface area contributed by atoms with Crippen LogP contribution < -0.4 is 5.32 Å². The summed E-state index contributed by atoms with van der Waals surface area (Å²) in [6.07, 6.45) is 5.46. The van der Waals surface area contributed by atoms with Crippen LogP contribution in [0.25, 0.3) is 5.69 Å². The molecule has 0 unspecified atom stereocenters. The largest absolute Gasteiger partial charge is 0.296 e. The maximum Gasteiger partial charge on any atom is 0.257 e. The molecule has 3 rings (SSSR count). The monoisotopic (exact) mass is 313 g/mol. The summed E-state index contributed by atoms with van der Waals surface area (Å²) in [6.45, 7) is 2.08. The second kappa shape index (κ2) is 6.48. The molecule has 2 heterocycles. The first-order valence-corrected chi connectivity index (χ1v) is 7.81. The lowest BCUT2D eigenvalue weighted by Crippen LogP contribution is -2.11. The highest BCUT2D eigenvalue weighted by molar-refractivity contribution is 7.15. The number of nitrogens with one attached hydrogen (secondary N) is 1. The molecule has 0 atom stereocenters. The summed E-state index contributed by atoms with van der Waals surface area (Å²) in [5.74, 6) is -0.189. The third-order valence-electron chi connectivity index (χ3n) is 3.05. The Hall–Kier alpha value is -2.54. The lowest BCUT2D eigenvalue weighted by molar-refractivity contribution is 0.102. The predicted octanol–water partition coefficient (Wildman–Crippen LogP) is 2.93. The lowest BCUT2D eigenvalue weighted by Gasteiger charge is -2.04. The molecular weight excluding hydrogens is 298 g/mol. The summed E-state index contributed by atoms with van der Waals surface area (Å²) in [6, 6.07) is 9.08. The number of aromatic nitrogens is 4. The van der Waals surface area contributed by atoms with E-state index in [0.29, 0.717) is 10.7 Å². The minimum Gasteiger partial charge on any atom is -0.296 e. The Labute approximate surface area is 131 Å². The van der Waals surface area contributed by atoms with E-state index in [1.807, 2.05) is 24.4 Å². The minimum absolute atomic E-state index is 0.189. The third-order valence-corrected chi connectivity index (χ3v) is 3.95. The van der Waals surface area contributed by atoms with Crippen molar-refractivity contribution in [2.75, 3.05) is 5.32 Å². The van der Waals surface area contributed by atoms with Crippen LogP contribution in [-0.4, -0.2) is 25.9 Å². The zero-order chi connectivity index (χ0) is 15.4. The zero-order valence-corrected chi connectivity index (χ0v) is 12.9. The predicted molar refractivity (Wildman–Crippen MR) is 85.4 cm³/mol. The van der Waals surface area contributed by atoms with Gasteiger partial charge in [0.1, 0.15) is 5.01 Å². The summed E-state index contributed by atoms with van der Waals surface area (Å²) >= 11 is 1.41. The molecule has 0 spiro atoms. The average molecular weight is 313 g/mol. The number of aryl methyl sites for hydroxylation is 1. The normalized spacial score (nSPS) is 10.6. The molecule has 0 aliphatic heterocycles. The van der Waals surface area contributed by atoms with E-state index in [1.54, 1.807) is 23.0 Å². The number of hydrogen-bond donors (Lipinski definition) is 1. The molecule has 0 aliphatic carbocycles. The molecule has 2 aromatic heterocycles. The van der Waals surface area contributed by atoms with Gasteiger partial charge in [0.05, 0.1) is 5.69 Å². The molecule has 0 radical (unpaired) electrons. The first-order valence-electron chi connectivity index (χ1n) is 7.00. The van der Waals surface area contributed by atoms with E-state index in [0.717, 1.165) is 23.5 Å². The van der Waals surface area contributed by atoms with Crippen molar-refractivity contribution in [1.29, 1.82) is 0 Å². The average Bonchev–Trinajstić information content (AvgIpc) is 3.20. The molecule has 0 aliphatic rings. The summed E-state index contributed by atoms with van der Waals surface area (Å²) in [4.78, 5) is 12.2. The van der Waals surface area contributed by atoms with E-state index in [-0.39, 0.29) is 5.91 Å². The molecule has 0 bridgehead atoms. The van der Waals surface area contributed by atoms with Crippen molar-refractivity contribution in [3.8, 4) is 5.69 Å². The van der Waals surface area contributed by atoms with E-state index in [2.05, 4.69) is 27.5 Å². The van der Waals surface area contributed by atoms with Crippen LogP contribution in [0.1, 0.15) is 28.7 Å². The van der Waals surface area contributed by atoms with Crippen LogP contribution in [0.5, 0.6) is 0 Å². The summed E-state index contributed by atoms with van der Waals surface area (Å²) in [5.41, 5.74) is 1.48. The van der Waals surface area contributed by atoms with E-state index in [4.69, 9.17) is 0 Å². The van der Waals surface area contributed by atoms with Gasteiger partial charge < -0.3 is 0 Å². The van der Waals surface area contributed by atoms with Crippen LogP contribution in [0.4, 0.5) is 5.13 Å². The van der Waals surface area contributed by atoms with Gasteiger partial charge in [-0.25, -0.2) is 4.68 Å². The maximum atomic E-state index is 12.2. The van der Waals surface area contributed by atoms with E-state index in [1.165, 1.54) is 11.3 Å². The van der Waals surface area contributed by atoms with Gasteiger partial charge in [0.25, 0.3) is 5.91 Å². The van der Waals surface area contributed by atoms with E-state index in [9.17, 15) is 4.79 Å². The molecule has 0 saturated heterocycles. The Bertz CT molecular complexity index is 749. The van der Waals surface area contributed by atoms with Crippen LogP contribution >= 0.6 is 11.3 Å². The quantitative estimate of drug-likeness (QED) is 0.786. The highest BCUT2D eigenvalue weighted by atomic mass is 32.1. The van der Waals surface area contributed by atoms with Crippen molar-refractivity contribution in [1.82, 2.24) is 20.0 Å². The number of anilines is 1. The highest BCUT2D eigenvalue weighted by Crippen LogP contribution is 2.18. The second-order valence-corrected chi connectivity index (χ2v) is 5.76. The number of carbonyl (C=O) groups is 1. The molecule has 1 N–H and O–H groups in total. The van der Waals surface area contributed by atoms with Crippen molar-refractivity contribution in [3.05, 3.63) is 53.3 Å². The standard InChI is InChI=1S/C15H15N5OS/c1-2-4-13-18-19-15(22-13)17-14(21)11-5-7-12(8-6-11)20-10-3-9-16-20/h3,5-10H,2,4H2,1H3,(H,17,19,21). The molecule has 3 aromatic rings.